The SMILES string of the molecule is CCC(Nc1ccc(N(C)C)cc1C)c1cccc(Cl)c1. The van der Waals surface area contributed by atoms with Crippen molar-refractivity contribution in [2.75, 3.05) is 24.3 Å². The molecule has 2 aromatic rings. The summed E-state index contributed by atoms with van der Waals surface area (Å²) in [5.74, 6) is 0. The molecule has 2 nitrogen and oxygen atoms in total. The number of nitrogens with zero attached hydrogens (tertiary/aromatic N) is 1. The molecule has 0 bridgehead atoms. The normalized spacial score (nSPS) is 12.0. The second-order valence-electron chi connectivity index (χ2n) is 5.55. The highest BCUT2D eigenvalue weighted by Crippen LogP contribution is 2.28. The molecule has 0 radical (unpaired) electrons. The Hall–Kier alpha value is -1.67. The van der Waals surface area contributed by atoms with Crippen LogP contribution in [0.2, 0.25) is 5.02 Å². The number of benzene rings is 2. The van der Waals surface area contributed by atoms with Crippen molar-refractivity contribution >= 4 is 23.0 Å². The van der Waals surface area contributed by atoms with Gasteiger partial charge in [-0.05, 0) is 54.8 Å². The van der Waals surface area contributed by atoms with Crippen molar-refractivity contribution in [3.05, 3.63) is 58.6 Å². The van der Waals surface area contributed by atoms with E-state index in [0.717, 1.165) is 11.4 Å². The monoisotopic (exact) mass is 302 g/mol. The van der Waals surface area contributed by atoms with Crippen LogP contribution in [0.25, 0.3) is 0 Å². The number of halogens is 1. The maximum absolute atomic E-state index is 6.10. The summed E-state index contributed by atoms with van der Waals surface area (Å²) in [6.07, 6.45) is 1.01. The van der Waals surface area contributed by atoms with Gasteiger partial charge in [-0.15, -0.1) is 0 Å². The third-order valence-electron chi connectivity index (χ3n) is 3.72. The highest BCUT2D eigenvalue weighted by atomic mass is 35.5. The minimum atomic E-state index is 0.271. The van der Waals surface area contributed by atoms with Gasteiger partial charge in [0.1, 0.15) is 0 Å². The average Bonchev–Trinajstić information content (AvgIpc) is 2.45. The predicted molar refractivity (Wildman–Crippen MR) is 93.6 cm³/mol. The van der Waals surface area contributed by atoms with E-state index in [2.05, 4.69) is 62.4 Å². The molecule has 21 heavy (non-hydrogen) atoms. The number of anilines is 2. The Bertz CT molecular complexity index is 608. The van der Waals surface area contributed by atoms with E-state index in [9.17, 15) is 0 Å². The van der Waals surface area contributed by atoms with Crippen LogP contribution in [0.1, 0.15) is 30.5 Å². The largest absolute Gasteiger partial charge is 0.378 e. The lowest BCUT2D eigenvalue weighted by Crippen LogP contribution is -2.12. The summed E-state index contributed by atoms with van der Waals surface area (Å²) in [5, 5.41) is 4.41. The molecular formula is C18H23ClN2. The van der Waals surface area contributed by atoms with E-state index < -0.39 is 0 Å². The molecule has 0 aromatic heterocycles. The molecule has 0 fully saturated rings. The van der Waals surface area contributed by atoms with E-state index >= 15 is 0 Å². The van der Waals surface area contributed by atoms with E-state index in [-0.39, 0.29) is 6.04 Å². The van der Waals surface area contributed by atoms with Crippen molar-refractivity contribution < 1.29 is 0 Å². The van der Waals surface area contributed by atoms with Crippen LogP contribution in [0.3, 0.4) is 0 Å². The van der Waals surface area contributed by atoms with Crippen LogP contribution in [-0.2, 0) is 0 Å². The molecule has 3 heteroatoms. The number of hydrogen-bond acceptors (Lipinski definition) is 2. The van der Waals surface area contributed by atoms with Gasteiger partial charge in [0.15, 0.2) is 0 Å². The van der Waals surface area contributed by atoms with E-state index in [1.54, 1.807) is 0 Å². The van der Waals surface area contributed by atoms with Crippen LogP contribution < -0.4 is 10.2 Å². The van der Waals surface area contributed by atoms with Gasteiger partial charge in [-0.1, -0.05) is 30.7 Å². The molecule has 1 atom stereocenters. The number of hydrogen-bond donors (Lipinski definition) is 1. The van der Waals surface area contributed by atoms with Crippen molar-refractivity contribution in [1.29, 1.82) is 0 Å². The van der Waals surface area contributed by atoms with Gasteiger partial charge < -0.3 is 10.2 Å². The molecule has 0 aliphatic rings. The Morgan fingerprint density at radius 3 is 2.48 bits per heavy atom. The summed E-state index contributed by atoms with van der Waals surface area (Å²) in [5.41, 5.74) is 4.86. The zero-order valence-electron chi connectivity index (χ0n) is 13.2. The fourth-order valence-electron chi connectivity index (χ4n) is 2.42. The van der Waals surface area contributed by atoms with Gasteiger partial charge >= 0.3 is 0 Å². The Morgan fingerprint density at radius 2 is 1.90 bits per heavy atom. The van der Waals surface area contributed by atoms with Gasteiger partial charge in [0.25, 0.3) is 0 Å². The van der Waals surface area contributed by atoms with Gasteiger partial charge in [0.05, 0.1) is 6.04 Å². The molecule has 2 aromatic carbocycles. The number of nitrogens with one attached hydrogen (secondary N) is 1. The molecule has 0 spiro atoms. The van der Waals surface area contributed by atoms with Crippen LogP contribution in [0, 0.1) is 6.92 Å². The lowest BCUT2D eigenvalue weighted by Gasteiger charge is -2.22. The maximum Gasteiger partial charge on any atom is 0.0511 e. The Morgan fingerprint density at radius 1 is 1.14 bits per heavy atom. The van der Waals surface area contributed by atoms with Crippen molar-refractivity contribution in [1.82, 2.24) is 0 Å². The van der Waals surface area contributed by atoms with Gasteiger partial charge in [-0.25, -0.2) is 0 Å². The first kappa shape index (κ1) is 15.7. The van der Waals surface area contributed by atoms with Crippen LogP contribution in [0.4, 0.5) is 11.4 Å². The molecule has 0 aliphatic carbocycles. The van der Waals surface area contributed by atoms with Gasteiger partial charge in [0.2, 0.25) is 0 Å². The molecule has 0 aliphatic heterocycles. The average molecular weight is 303 g/mol. The molecular weight excluding hydrogens is 280 g/mol. The number of aryl methyl sites for hydroxylation is 1. The second kappa shape index (κ2) is 6.86. The van der Waals surface area contributed by atoms with Crippen LogP contribution in [0.15, 0.2) is 42.5 Å². The highest BCUT2D eigenvalue weighted by molar-refractivity contribution is 6.30. The first-order chi connectivity index (χ1) is 10.0. The smallest absolute Gasteiger partial charge is 0.0511 e. The molecule has 112 valence electrons. The van der Waals surface area contributed by atoms with Crippen molar-refractivity contribution in [2.24, 2.45) is 0 Å². The second-order valence-corrected chi connectivity index (χ2v) is 5.99. The minimum Gasteiger partial charge on any atom is -0.378 e. The van der Waals surface area contributed by atoms with Crippen LogP contribution >= 0.6 is 11.6 Å². The standard InChI is InChI=1S/C18H23ClN2/c1-5-17(14-7-6-8-15(19)12-14)20-18-10-9-16(21(3)4)11-13(18)2/h6-12,17,20H,5H2,1-4H3. The van der Waals surface area contributed by atoms with Crippen LogP contribution in [-0.4, -0.2) is 14.1 Å². The summed E-state index contributed by atoms with van der Waals surface area (Å²) in [6.45, 7) is 4.32. The Kier molecular flexibility index (Phi) is 5.13. The third kappa shape index (κ3) is 3.92. The highest BCUT2D eigenvalue weighted by Gasteiger charge is 2.11. The van der Waals surface area contributed by atoms with Crippen molar-refractivity contribution in [3.63, 3.8) is 0 Å². The van der Waals surface area contributed by atoms with Crippen molar-refractivity contribution in [3.8, 4) is 0 Å². The molecule has 1 unspecified atom stereocenters. The Labute approximate surface area is 132 Å². The Balaban J connectivity index is 2.23. The summed E-state index contributed by atoms with van der Waals surface area (Å²) in [7, 11) is 4.12. The summed E-state index contributed by atoms with van der Waals surface area (Å²) in [6, 6.07) is 14.8. The summed E-state index contributed by atoms with van der Waals surface area (Å²) >= 11 is 6.10. The minimum absolute atomic E-state index is 0.271. The molecule has 0 saturated heterocycles. The fourth-order valence-corrected chi connectivity index (χ4v) is 2.62. The predicted octanol–water partition coefficient (Wildman–Crippen LogP) is 5.28. The van der Waals surface area contributed by atoms with Crippen LogP contribution in [0.5, 0.6) is 0 Å². The molecule has 0 saturated carbocycles. The third-order valence-corrected chi connectivity index (χ3v) is 3.95. The van der Waals surface area contributed by atoms with Gasteiger partial charge in [0, 0.05) is 30.5 Å². The first-order valence-electron chi connectivity index (χ1n) is 7.31. The topological polar surface area (TPSA) is 15.3 Å². The van der Waals surface area contributed by atoms with Crippen molar-refractivity contribution in [2.45, 2.75) is 26.3 Å². The van der Waals surface area contributed by atoms with E-state index in [4.69, 9.17) is 11.6 Å². The number of rotatable bonds is 5. The van der Waals surface area contributed by atoms with E-state index in [0.29, 0.717) is 0 Å². The quantitative estimate of drug-likeness (QED) is 0.808. The lowest BCUT2D eigenvalue weighted by atomic mass is 10.0. The molecule has 0 amide bonds. The van der Waals surface area contributed by atoms with Gasteiger partial charge in [-0.2, -0.15) is 0 Å². The van der Waals surface area contributed by atoms with E-state index in [1.807, 2.05) is 18.2 Å². The maximum atomic E-state index is 6.10. The zero-order valence-corrected chi connectivity index (χ0v) is 13.9. The van der Waals surface area contributed by atoms with Gasteiger partial charge in [-0.3, -0.25) is 0 Å². The zero-order chi connectivity index (χ0) is 15.4. The molecule has 1 N–H and O–H groups in total. The summed E-state index contributed by atoms with van der Waals surface area (Å²) < 4.78 is 0. The molecule has 2 rings (SSSR count). The van der Waals surface area contributed by atoms with E-state index in [1.165, 1.54) is 22.5 Å². The molecule has 0 heterocycles. The first-order valence-corrected chi connectivity index (χ1v) is 7.69. The fraction of sp³-hybridized carbons (Fsp3) is 0.333. The summed E-state index contributed by atoms with van der Waals surface area (Å²) in [4.78, 5) is 2.12. The lowest BCUT2D eigenvalue weighted by molar-refractivity contribution is 0.748.